The van der Waals surface area contributed by atoms with Gasteiger partial charge < -0.3 is 14.8 Å². The number of methoxy groups -OCH3 is 1. The van der Waals surface area contributed by atoms with Crippen LogP contribution in [0.4, 0.5) is 0 Å². The van der Waals surface area contributed by atoms with Crippen molar-refractivity contribution in [2.24, 2.45) is 0 Å². The summed E-state index contributed by atoms with van der Waals surface area (Å²) in [5, 5.41) is 2.82. The molecule has 2 aromatic carbocycles. The molecule has 0 radical (unpaired) electrons. The third-order valence-corrected chi connectivity index (χ3v) is 3.65. The Morgan fingerprint density at radius 2 is 1.82 bits per heavy atom. The van der Waals surface area contributed by atoms with E-state index in [0.717, 1.165) is 10.0 Å². The number of nitrogens with one attached hydrogen (secondary N) is 1. The molecule has 0 saturated carbocycles. The second kappa shape index (κ2) is 8.56. The Morgan fingerprint density at radius 1 is 1.14 bits per heavy atom. The maximum Gasteiger partial charge on any atom is 0.258 e. The van der Waals surface area contributed by atoms with Crippen LogP contribution >= 0.6 is 15.9 Å². The SMILES string of the molecule is COC(CNC(=O)COc1ccc(Br)cc1)c1ccccc1. The van der Waals surface area contributed by atoms with Crippen LogP contribution in [0.1, 0.15) is 11.7 Å². The highest BCUT2D eigenvalue weighted by atomic mass is 79.9. The van der Waals surface area contributed by atoms with Gasteiger partial charge in [-0.15, -0.1) is 0 Å². The number of amides is 1. The number of halogens is 1. The normalized spacial score (nSPS) is 11.7. The van der Waals surface area contributed by atoms with Crippen molar-refractivity contribution in [2.75, 3.05) is 20.3 Å². The molecule has 0 aliphatic carbocycles. The molecule has 0 aliphatic heterocycles. The van der Waals surface area contributed by atoms with Crippen molar-refractivity contribution in [2.45, 2.75) is 6.10 Å². The molecule has 1 atom stereocenters. The van der Waals surface area contributed by atoms with Gasteiger partial charge in [-0.2, -0.15) is 0 Å². The fourth-order valence-corrected chi connectivity index (χ4v) is 2.21. The van der Waals surface area contributed by atoms with Crippen molar-refractivity contribution in [3.8, 4) is 5.75 Å². The maximum absolute atomic E-state index is 11.8. The van der Waals surface area contributed by atoms with Crippen molar-refractivity contribution < 1.29 is 14.3 Å². The van der Waals surface area contributed by atoms with Crippen molar-refractivity contribution in [3.63, 3.8) is 0 Å². The lowest BCUT2D eigenvalue weighted by molar-refractivity contribution is -0.123. The van der Waals surface area contributed by atoms with Crippen molar-refractivity contribution in [1.29, 1.82) is 0 Å². The third-order valence-electron chi connectivity index (χ3n) is 3.12. The summed E-state index contributed by atoms with van der Waals surface area (Å²) in [6.07, 6.45) is -0.169. The summed E-state index contributed by atoms with van der Waals surface area (Å²) in [6.45, 7) is 0.385. The van der Waals surface area contributed by atoms with Crippen LogP contribution in [0, 0.1) is 0 Å². The van der Waals surface area contributed by atoms with E-state index in [1.54, 1.807) is 19.2 Å². The Labute approximate surface area is 138 Å². The molecular weight excluding hydrogens is 346 g/mol. The van der Waals surface area contributed by atoms with Crippen LogP contribution in [0.25, 0.3) is 0 Å². The van der Waals surface area contributed by atoms with Crippen LogP contribution < -0.4 is 10.1 Å². The van der Waals surface area contributed by atoms with Crippen LogP contribution in [0.2, 0.25) is 0 Å². The van der Waals surface area contributed by atoms with Crippen LogP contribution in [0.5, 0.6) is 5.75 Å². The Bertz CT molecular complexity index is 587. The quantitative estimate of drug-likeness (QED) is 0.820. The van der Waals surface area contributed by atoms with Gasteiger partial charge in [0, 0.05) is 18.1 Å². The van der Waals surface area contributed by atoms with Crippen molar-refractivity contribution >= 4 is 21.8 Å². The highest BCUT2D eigenvalue weighted by molar-refractivity contribution is 9.10. The van der Waals surface area contributed by atoms with E-state index in [1.807, 2.05) is 42.5 Å². The monoisotopic (exact) mass is 363 g/mol. The second-order valence-corrected chi connectivity index (χ2v) is 5.60. The molecule has 0 bridgehead atoms. The fraction of sp³-hybridized carbons (Fsp3) is 0.235. The van der Waals surface area contributed by atoms with E-state index < -0.39 is 0 Å². The molecule has 5 heteroatoms. The third kappa shape index (κ3) is 5.16. The number of hydrogen-bond donors (Lipinski definition) is 1. The van der Waals surface area contributed by atoms with Gasteiger partial charge in [0.2, 0.25) is 0 Å². The van der Waals surface area contributed by atoms with E-state index in [9.17, 15) is 4.79 Å². The van der Waals surface area contributed by atoms with E-state index in [1.165, 1.54) is 0 Å². The molecule has 4 nitrogen and oxygen atoms in total. The minimum Gasteiger partial charge on any atom is -0.484 e. The molecule has 0 saturated heterocycles. The van der Waals surface area contributed by atoms with Gasteiger partial charge in [-0.05, 0) is 29.8 Å². The largest absolute Gasteiger partial charge is 0.484 e. The molecule has 0 aliphatic rings. The molecule has 2 aromatic rings. The van der Waals surface area contributed by atoms with Gasteiger partial charge in [-0.1, -0.05) is 46.3 Å². The molecule has 1 unspecified atom stereocenters. The van der Waals surface area contributed by atoms with Crippen LogP contribution in [-0.2, 0) is 9.53 Å². The smallest absolute Gasteiger partial charge is 0.258 e. The van der Waals surface area contributed by atoms with E-state index >= 15 is 0 Å². The Hall–Kier alpha value is -1.85. The molecule has 0 heterocycles. The summed E-state index contributed by atoms with van der Waals surface area (Å²) < 4.78 is 11.8. The van der Waals surface area contributed by atoms with E-state index in [4.69, 9.17) is 9.47 Å². The average Bonchev–Trinajstić information content (AvgIpc) is 2.56. The number of carbonyl (C=O) groups is 1. The van der Waals surface area contributed by atoms with Gasteiger partial charge in [0.05, 0.1) is 6.10 Å². The number of ether oxygens (including phenoxy) is 2. The number of rotatable bonds is 7. The summed E-state index contributed by atoms with van der Waals surface area (Å²) in [4.78, 5) is 11.8. The lowest BCUT2D eigenvalue weighted by atomic mass is 10.1. The number of hydrogen-bond acceptors (Lipinski definition) is 3. The minimum absolute atomic E-state index is 0.0210. The lowest BCUT2D eigenvalue weighted by Gasteiger charge is -2.16. The molecule has 2 rings (SSSR count). The van der Waals surface area contributed by atoms with Gasteiger partial charge >= 0.3 is 0 Å². The predicted octanol–water partition coefficient (Wildman–Crippen LogP) is 3.33. The summed E-state index contributed by atoms with van der Waals surface area (Å²) in [5.74, 6) is 0.477. The molecule has 116 valence electrons. The van der Waals surface area contributed by atoms with Gasteiger partial charge in [-0.3, -0.25) is 4.79 Å². The highest BCUT2D eigenvalue weighted by Crippen LogP contribution is 2.16. The number of carbonyl (C=O) groups excluding carboxylic acids is 1. The Kier molecular flexibility index (Phi) is 6.43. The second-order valence-electron chi connectivity index (χ2n) is 4.68. The zero-order chi connectivity index (χ0) is 15.8. The first-order valence-electron chi connectivity index (χ1n) is 6.92. The minimum atomic E-state index is -0.180. The Balaban J connectivity index is 1.78. The highest BCUT2D eigenvalue weighted by Gasteiger charge is 2.11. The van der Waals surface area contributed by atoms with E-state index in [2.05, 4.69) is 21.2 Å². The zero-order valence-corrected chi connectivity index (χ0v) is 13.9. The van der Waals surface area contributed by atoms with Gasteiger partial charge in [0.1, 0.15) is 5.75 Å². The predicted molar refractivity (Wildman–Crippen MR) is 88.8 cm³/mol. The molecule has 1 N–H and O–H groups in total. The molecule has 0 fully saturated rings. The molecule has 22 heavy (non-hydrogen) atoms. The average molecular weight is 364 g/mol. The topological polar surface area (TPSA) is 47.6 Å². The summed E-state index contributed by atoms with van der Waals surface area (Å²) in [5.41, 5.74) is 1.03. The van der Waals surface area contributed by atoms with Gasteiger partial charge in [0.25, 0.3) is 5.91 Å². The summed E-state index contributed by atoms with van der Waals surface area (Å²) in [6, 6.07) is 17.1. The van der Waals surface area contributed by atoms with Gasteiger partial charge in [0.15, 0.2) is 6.61 Å². The van der Waals surface area contributed by atoms with Crippen molar-refractivity contribution in [1.82, 2.24) is 5.32 Å². The van der Waals surface area contributed by atoms with Crippen LogP contribution in [0.15, 0.2) is 59.1 Å². The lowest BCUT2D eigenvalue weighted by Crippen LogP contribution is -2.33. The van der Waals surface area contributed by atoms with E-state index in [-0.39, 0.29) is 18.6 Å². The first-order chi connectivity index (χ1) is 10.7. The molecule has 1 amide bonds. The molecular formula is C17H18BrNO3. The van der Waals surface area contributed by atoms with Crippen molar-refractivity contribution in [3.05, 3.63) is 64.6 Å². The molecule has 0 aromatic heterocycles. The summed E-state index contributed by atoms with van der Waals surface area (Å²) >= 11 is 3.35. The van der Waals surface area contributed by atoms with E-state index in [0.29, 0.717) is 12.3 Å². The standard InChI is InChI=1S/C17H18BrNO3/c1-21-16(13-5-3-2-4-6-13)11-19-17(20)12-22-15-9-7-14(18)8-10-15/h2-10,16H,11-12H2,1H3,(H,19,20). The van der Waals surface area contributed by atoms with Gasteiger partial charge in [-0.25, -0.2) is 0 Å². The maximum atomic E-state index is 11.8. The van der Waals surface area contributed by atoms with Crippen LogP contribution in [0.3, 0.4) is 0 Å². The first kappa shape index (κ1) is 16.5. The number of benzene rings is 2. The molecule has 0 spiro atoms. The summed E-state index contributed by atoms with van der Waals surface area (Å²) in [7, 11) is 1.63. The van der Waals surface area contributed by atoms with Crippen LogP contribution in [-0.4, -0.2) is 26.2 Å². The zero-order valence-electron chi connectivity index (χ0n) is 12.3. The fourth-order valence-electron chi connectivity index (χ4n) is 1.94. The Morgan fingerprint density at radius 3 is 2.45 bits per heavy atom. The first-order valence-corrected chi connectivity index (χ1v) is 7.71.